The molecule has 0 bridgehead atoms. The van der Waals surface area contributed by atoms with E-state index in [0.29, 0.717) is 12.2 Å². The second kappa shape index (κ2) is 7.25. The highest BCUT2D eigenvalue weighted by molar-refractivity contribution is 6.39. The van der Waals surface area contributed by atoms with Crippen LogP contribution in [0.1, 0.15) is 24.0 Å². The van der Waals surface area contributed by atoms with Crippen LogP contribution in [0.3, 0.4) is 0 Å². The summed E-state index contributed by atoms with van der Waals surface area (Å²) >= 11 is 0. The van der Waals surface area contributed by atoms with E-state index >= 15 is 0 Å². The van der Waals surface area contributed by atoms with Crippen LogP contribution in [0.15, 0.2) is 48.8 Å². The van der Waals surface area contributed by atoms with Gasteiger partial charge in [-0.3, -0.25) is 14.6 Å². The monoisotopic (exact) mass is 323 g/mol. The van der Waals surface area contributed by atoms with Crippen molar-refractivity contribution >= 4 is 17.5 Å². The van der Waals surface area contributed by atoms with Crippen LogP contribution in [0, 0.1) is 6.92 Å². The number of pyridine rings is 1. The number of carbonyl (C=O) groups excluding carboxylic acids is 2. The molecule has 0 spiro atoms. The molecule has 1 N–H and O–H groups in total. The topological polar surface area (TPSA) is 62.3 Å². The summed E-state index contributed by atoms with van der Waals surface area (Å²) in [7, 11) is 0. The first kappa shape index (κ1) is 16.2. The Kier molecular flexibility index (Phi) is 4.89. The first-order valence-electron chi connectivity index (χ1n) is 8.21. The van der Waals surface area contributed by atoms with Gasteiger partial charge < -0.3 is 10.2 Å². The molecular weight excluding hydrogens is 302 g/mol. The molecule has 1 unspecified atom stereocenters. The van der Waals surface area contributed by atoms with E-state index in [-0.39, 0.29) is 6.04 Å². The average molecular weight is 323 g/mol. The molecule has 1 atom stereocenters. The van der Waals surface area contributed by atoms with Crippen LogP contribution in [0.25, 0.3) is 0 Å². The zero-order valence-electron chi connectivity index (χ0n) is 13.7. The lowest BCUT2D eigenvalue weighted by Crippen LogP contribution is -2.43. The highest BCUT2D eigenvalue weighted by atomic mass is 16.2. The number of anilines is 1. The first-order chi connectivity index (χ1) is 11.6. The van der Waals surface area contributed by atoms with Crippen molar-refractivity contribution in [2.75, 3.05) is 11.9 Å². The number of nitrogens with zero attached hydrogens (tertiary/aromatic N) is 2. The van der Waals surface area contributed by atoms with E-state index < -0.39 is 11.8 Å². The summed E-state index contributed by atoms with van der Waals surface area (Å²) in [5.74, 6) is -1.05. The van der Waals surface area contributed by atoms with Crippen LogP contribution in [0.5, 0.6) is 0 Å². The number of carbonyl (C=O) groups is 2. The van der Waals surface area contributed by atoms with Crippen LogP contribution in [-0.4, -0.2) is 34.3 Å². The van der Waals surface area contributed by atoms with E-state index in [1.54, 1.807) is 23.4 Å². The standard InChI is InChI=1S/C19H21N3O2/c1-14-9-10-20-13-17(14)21-18(23)19(24)22-11-5-8-16(22)12-15-6-3-2-4-7-15/h2-4,6-7,9-10,13,16H,5,8,11-12H2,1H3,(H,21,23). The van der Waals surface area contributed by atoms with Crippen LogP contribution in [0.4, 0.5) is 5.69 Å². The Hall–Kier alpha value is -2.69. The van der Waals surface area contributed by atoms with Crippen LogP contribution in [-0.2, 0) is 16.0 Å². The predicted molar refractivity (Wildman–Crippen MR) is 92.5 cm³/mol. The van der Waals surface area contributed by atoms with Gasteiger partial charge >= 0.3 is 11.8 Å². The summed E-state index contributed by atoms with van der Waals surface area (Å²) in [5, 5.41) is 2.68. The smallest absolute Gasteiger partial charge is 0.313 e. The number of nitrogens with one attached hydrogen (secondary N) is 1. The molecule has 0 radical (unpaired) electrons. The van der Waals surface area contributed by atoms with Gasteiger partial charge in [-0.25, -0.2) is 0 Å². The molecule has 1 aliphatic heterocycles. The molecule has 24 heavy (non-hydrogen) atoms. The molecule has 1 aromatic heterocycles. The predicted octanol–water partition coefficient (Wildman–Crippen LogP) is 2.56. The fraction of sp³-hybridized carbons (Fsp3) is 0.316. The molecule has 0 aliphatic carbocycles. The third-order valence-corrected chi connectivity index (χ3v) is 4.43. The second-order valence-corrected chi connectivity index (χ2v) is 6.13. The Morgan fingerprint density at radius 1 is 1.25 bits per heavy atom. The zero-order valence-corrected chi connectivity index (χ0v) is 13.7. The normalized spacial score (nSPS) is 16.9. The quantitative estimate of drug-likeness (QED) is 0.883. The fourth-order valence-corrected chi connectivity index (χ4v) is 3.10. The van der Waals surface area contributed by atoms with Gasteiger partial charge in [0.15, 0.2) is 0 Å². The largest absolute Gasteiger partial charge is 0.331 e. The molecule has 5 nitrogen and oxygen atoms in total. The van der Waals surface area contributed by atoms with E-state index in [1.807, 2.05) is 25.1 Å². The van der Waals surface area contributed by atoms with Crippen molar-refractivity contribution in [3.05, 3.63) is 59.9 Å². The molecular formula is C19H21N3O2. The zero-order chi connectivity index (χ0) is 16.9. The SMILES string of the molecule is Cc1ccncc1NC(=O)C(=O)N1CCCC1Cc1ccccc1. The van der Waals surface area contributed by atoms with E-state index in [4.69, 9.17) is 0 Å². The molecule has 1 aromatic carbocycles. The summed E-state index contributed by atoms with van der Waals surface area (Å²) in [6, 6.07) is 12.0. The molecule has 1 fully saturated rings. The van der Waals surface area contributed by atoms with Crippen molar-refractivity contribution in [2.24, 2.45) is 0 Å². The molecule has 2 aromatic rings. The number of aromatic nitrogens is 1. The van der Waals surface area contributed by atoms with Crippen molar-refractivity contribution in [3.63, 3.8) is 0 Å². The van der Waals surface area contributed by atoms with Gasteiger partial charge in [-0.2, -0.15) is 0 Å². The summed E-state index contributed by atoms with van der Waals surface area (Å²) in [5.41, 5.74) is 2.65. The summed E-state index contributed by atoms with van der Waals surface area (Å²) in [6.45, 7) is 2.51. The molecule has 3 rings (SSSR count). The molecule has 0 saturated carbocycles. The second-order valence-electron chi connectivity index (χ2n) is 6.13. The molecule has 2 heterocycles. The van der Waals surface area contributed by atoms with E-state index in [9.17, 15) is 9.59 Å². The van der Waals surface area contributed by atoms with Gasteiger partial charge in [-0.05, 0) is 43.4 Å². The van der Waals surface area contributed by atoms with Crippen molar-refractivity contribution in [3.8, 4) is 0 Å². The summed E-state index contributed by atoms with van der Waals surface area (Å²) < 4.78 is 0. The number of likely N-dealkylation sites (tertiary alicyclic amines) is 1. The van der Waals surface area contributed by atoms with E-state index in [2.05, 4.69) is 22.4 Å². The average Bonchev–Trinajstić information content (AvgIpc) is 3.05. The molecule has 124 valence electrons. The first-order valence-corrected chi connectivity index (χ1v) is 8.21. The van der Waals surface area contributed by atoms with Crippen LogP contribution >= 0.6 is 0 Å². The van der Waals surface area contributed by atoms with Crippen LogP contribution < -0.4 is 5.32 Å². The third kappa shape index (κ3) is 3.62. The van der Waals surface area contributed by atoms with Crippen molar-refractivity contribution < 1.29 is 9.59 Å². The number of hydrogen-bond donors (Lipinski definition) is 1. The molecule has 2 amide bonds. The maximum atomic E-state index is 12.6. The van der Waals surface area contributed by atoms with Crippen molar-refractivity contribution in [1.82, 2.24) is 9.88 Å². The maximum Gasteiger partial charge on any atom is 0.313 e. The number of amides is 2. The number of hydrogen-bond acceptors (Lipinski definition) is 3. The summed E-state index contributed by atoms with van der Waals surface area (Å²) in [4.78, 5) is 30.6. The minimum Gasteiger partial charge on any atom is -0.331 e. The third-order valence-electron chi connectivity index (χ3n) is 4.43. The minimum atomic E-state index is -0.592. The maximum absolute atomic E-state index is 12.6. The summed E-state index contributed by atoms with van der Waals surface area (Å²) in [6.07, 6.45) is 5.86. The van der Waals surface area contributed by atoms with Gasteiger partial charge in [-0.15, -0.1) is 0 Å². The van der Waals surface area contributed by atoms with E-state index in [1.165, 1.54) is 5.56 Å². The van der Waals surface area contributed by atoms with Gasteiger partial charge in [0.2, 0.25) is 0 Å². The Balaban J connectivity index is 1.67. The van der Waals surface area contributed by atoms with Gasteiger partial charge in [0.05, 0.1) is 11.9 Å². The molecule has 1 aliphatic rings. The number of rotatable bonds is 3. The lowest BCUT2D eigenvalue weighted by atomic mass is 10.0. The van der Waals surface area contributed by atoms with E-state index in [0.717, 1.165) is 24.8 Å². The van der Waals surface area contributed by atoms with Crippen molar-refractivity contribution in [2.45, 2.75) is 32.2 Å². The Morgan fingerprint density at radius 2 is 2.04 bits per heavy atom. The lowest BCUT2D eigenvalue weighted by Gasteiger charge is -2.24. The van der Waals surface area contributed by atoms with Gasteiger partial charge in [-0.1, -0.05) is 30.3 Å². The number of benzene rings is 1. The molecule has 1 saturated heterocycles. The van der Waals surface area contributed by atoms with Gasteiger partial charge in [0.25, 0.3) is 0 Å². The van der Waals surface area contributed by atoms with Crippen molar-refractivity contribution in [1.29, 1.82) is 0 Å². The van der Waals surface area contributed by atoms with Gasteiger partial charge in [0.1, 0.15) is 0 Å². The fourth-order valence-electron chi connectivity index (χ4n) is 3.10. The van der Waals surface area contributed by atoms with Crippen LogP contribution in [0.2, 0.25) is 0 Å². The Bertz CT molecular complexity index is 730. The van der Waals surface area contributed by atoms with Gasteiger partial charge in [0, 0.05) is 18.8 Å². The Labute approximate surface area is 141 Å². The highest BCUT2D eigenvalue weighted by Gasteiger charge is 2.32. The highest BCUT2D eigenvalue weighted by Crippen LogP contribution is 2.22. The number of aryl methyl sites for hydroxylation is 1. The molecule has 5 heteroatoms. The Morgan fingerprint density at radius 3 is 2.79 bits per heavy atom. The lowest BCUT2D eigenvalue weighted by molar-refractivity contribution is -0.143. The minimum absolute atomic E-state index is 0.0839.